The first-order valence-corrected chi connectivity index (χ1v) is 6.13. The fraction of sp³-hybridized carbons (Fsp3) is 0.154. The van der Waals surface area contributed by atoms with E-state index in [0.29, 0.717) is 23.0 Å². The molecule has 2 aromatic heterocycles. The van der Waals surface area contributed by atoms with E-state index >= 15 is 0 Å². The van der Waals surface area contributed by atoms with Crippen LogP contribution in [0.1, 0.15) is 11.5 Å². The van der Waals surface area contributed by atoms with Crippen molar-refractivity contribution in [2.24, 2.45) is 0 Å². The highest BCUT2D eigenvalue weighted by atomic mass is 16.1. The Morgan fingerprint density at radius 2 is 2.00 bits per heavy atom. The number of aromatic nitrogens is 4. The van der Waals surface area contributed by atoms with Crippen molar-refractivity contribution in [1.82, 2.24) is 20.2 Å². The summed E-state index contributed by atoms with van der Waals surface area (Å²) in [5, 5.41) is 8.50. The van der Waals surface area contributed by atoms with Crippen molar-refractivity contribution in [3.63, 3.8) is 0 Å². The van der Waals surface area contributed by atoms with E-state index in [9.17, 15) is 9.59 Å². The van der Waals surface area contributed by atoms with Gasteiger partial charge in [-0.15, -0.1) is 0 Å². The minimum absolute atomic E-state index is 0.319. The fourth-order valence-electron chi connectivity index (χ4n) is 2.13. The number of aromatic amines is 3. The van der Waals surface area contributed by atoms with Gasteiger partial charge in [0.25, 0.3) is 11.1 Å². The Kier molecular flexibility index (Phi) is 2.86. The van der Waals surface area contributed by atoms with Crippen LogP contribution >= 0.6 is 0 Å². The largest absolute Gasteiger partial charge is 0.379 e. The fourth-order valence-corrected chi connectivity index (χ4v) is 2.13. The molecule has 0 amide bonds. The van der Waals surface area contributed by atoms with E-state index in [1.807, 2.05) is 6.92 Å². The van der Waals surface area contributed by atoms with E-state index in [4.69, 9.17) is 0 Å². The van der Waals surface area contributed by atoms with Crippen molar-refractivity contribution in [3.05, 3.63) is 56.6 Å². The summed E-state index contributed by atoms with van der Waals surface area (Å²) in [6.07, 6.45) is 1.73. The molecule has 0 radical (unpaired) electrons. The molecule has 0 saturated carbocycles. The van der Waals surface area contributed by atoms with Gasteiger partial charge in [-0.25, -0.2) is 4.98 Å². The molecular weight excluding hydrogens is 258 g/mol. The van der Waals surface area contributed by atoms with Crippen LogP contribution in [0.15, 0.2) is 34.0 Å². The first-order chi connectivity index (χ1) is 9.65. The number of H-pyrrole nitrogens is 3. The van der Waals surface area contributed by atoms with E-state index < -0.39 is 0 Å². The quantitative estimate of drug-likeness (QED) is 0.566. The van der Waals surface area contributed by atoms with Crippen LogP contribution in [-0.4, -0.2) is 20.2 Å². The third-order valence-corrected chi connectivity index (χ3v) is 3.05. The maximum atomic E-state index is 11.9. The van der Waals surface area contributed by atoms with E-state index in [1.54, 1.807) is 24.4 Å². The van der Waals surface area contributed by atoms with Crippen LogP contribution in [0, 0.1) is 6.92 Å². The van der Waals surface area contributed by atoms with Crippen LogP contribution in [0.25, 0.3) is 10.8 Å². The van der Waals surface area contributed by atoms with Crippen LogP contribution in [0.4, 0.5) is 5.69 Å². The molecule has 0 aliphatic rings. The summed E-state index contributed by atoms with van der Waals surface area (Å²) in [5.74, 6) is 0.828. The van der Waals surface area contributed by atoms with Crippen LogP contribution in [0.3, 0.4) is 0 Å². The van der Waals surface area contributed by atoms with Gasteiger partial charge < -0.3 is 10.3 Å². The van der Waals surface area contributed by atoms with E-state index in [0.717, 1.165) is 11.5 Å². The first-order valence-electron chi connectivity index (χ1n) is 6.13. The molecule has 102 valence electrons. The Hall–Kier alpha value is -2.83. The van der Waals surface area contributed by atoms with Gasteiger partial charge >= 0.3 is 0 Å². The predicted octanol–water partition coefficient (Wildman–Crippen LogP) is 0.860. The first kappa shape index (κ1) is 12.2. The molecule has 0 bridgehead atoms. The maximum absolute atomic E-state index is 11.9. The summed E-state index contributed by atoms with van der Waals surface area (Å²) >= 11 is 0. The second kappa shape index (κ2) is 4.69. The molecule has 0 aliphatic heterocycles. The second-order valence-corrected chi connectivity index (χ2v) is 4.48. The molecule has 0 atom stereocenters. The number of imidazole rings is 1. The van der Waals surface area contributed by atoms with Gasteiger partial charge in [0.05, 0.1) is 29.2 Å². The number of anilines is 1. The Morgan fingerprint density at radius 1 is 1.20 bits per heavy atom. The highest BCUT2D eigenvalue weighted by molar-refractivity contribution is 5.92. The smallest absolute Gasteiger partial charge is 0.272 e. The molecule has 7 heteroatoms. The molecule has 3 aromatic rings. The summed E-state index contributed by atoms with van der Waals surface area (Å²) in [4.78, 5) is 30.8. The average molecular weight is 271 g/mol. The lowest BCUT2D eigenvalue weighted by Gasteiger charge is -2.07. The van der Waals surface area contributed by atoms with Gasteiger partial charge in [-0.3, -0.25) is 19.8 Å². The van der Waals surface area contributed by atoms with Crippen molar-refractivity contribution in [2.75, 3.05) is 5.32 Å². The van der Waals surface area contributed by atoms with Crippen molar-refractivity contribution >= 4 is 16.5 Å². The summed E-state index contributed by atoms with van der Waals surface area (Å²) in [5.41, 5.74) is 0.868. The summed E-state index contributed by atoms with van der Waals surface area (Å²) in [7, 11) is 0. The van der Waals surface area contributed by atoms with Gasteiger partial charge in [0, 0.05) is 5.69 Å². The minimum atomic E-state index is -0.330. The zero-order valence-corrected chi connectivity index (χ0v) is 10.8. The van der Waals surface area contributed by atoms with Gasteiger partial charge in [0.15, 0.2) is 0 Å². The molecule has 20 heavy (non-hydrogen) atoms. The van der Waals surface area contributed by atoms with E-state index in [2.05, 4.69) is 25.5 Å². The molecular formula is C13H13N5O2. The number of hydrogen-bond acceptors (Lipinski definition) is 4. The number of fused-ring (bicyclic) bond motifs is 1. The normalized spacial score (nSPS) is 10.8. The SMILES string of the molecule is Cc1ncc(CNc2cccc3c(=O)[nH][nH]c(=O)c23)[nH]1. The minimum Gasteiger partial charge on any atom is -0.379 e. The predicted molar refractivity (Wildman–Crippen MR) is 75.8 cm³/mol. The Labute approximate surface area is 113 Å². The number of nitrogens with one attached hydrogen (secondary N) is 4. The van der Waals surface area contributed by atoms with E-state index in [-0.39, 0.29) is 11.1 Å². The van der Waals surface area contributed by atoms with Crippen LogP contribution in [0.5, 0.6) is 0 Å². The third kappa shape index (κ3) is 2.09. The molecule has 2 heterocycles. The standard InChI is InChI=1S/C13H13N5O2/c1-7-14-5-8(16-7)6-15-10-4-2-3-9-11(10)13(20)18-17-12(9)19/h2-5,15H,6H2,1H3,(H,14,16)(H,17,19)(H,18,20). The monoisotopic (exact) mass is 271 g/mol. The van der Waals surface area contributed by atoms with Crippen LogP contribution in [-0.2, 0) is 6.54 Å². The molecule has 0 aliphatic carbocycles. The summed E-state index contributed by atoms with van der Waals surface area (Å²) < 4.78 is 0. The Bertz CT molecular complexity index is 874. The van der Waals surface area contributed by atoms with Crippen molar-refractivity contribution in [2.45, 2.75) is 13.5 Å². The average Bonchev–Trinajstić information content (AvgIpc) is 2.86. The molecule has 0 unspecified atom stereocenters. The molecule has 1 aromatic carbocycles. The number of nitrogens with zero attached hydrogens (tertiary/aromatic N) is 1. The van der Waals surface area contributed by atoms with Gasteiger partial charge in [0.1, 0.15) is 5.82 Å². The molecule has 3 rings (SSSR count). The van der Waals surface area contributed by atoms with Gasteiger partial charge in [0.2, 0.25) is 0 Å². The Balaban J connectivity index is 2.01. The molecule has 7 nitrogen and oxygen atoms in total. The molecule has 4 N–H and O–H groups in total. The lowest BCUT2D eigenvalue weighted by molar-refractivity contribution is 0.975. The topological polar surface area (TPSA) is 106 Å². The highest BCUT2D eigenvalue weighted by Crippen LogP contribution is 2.17. The number of benzene rings is 1. The van der Waals surface area contributed by atoms with Gasteiger partial charge in [-0.2, -0.15) is 0 Å². The lowest BCUT2D eigenvalue weighted by Crippen LogP contribution is -2.20. The lowest BCUT2D eigenvalue weighted by atomic mass is 10.1. The number of aryl methyl sites for hydroxylation is 1. The van der Waals surface area contributed by atoms with E-state index in [1.165, 1.54) is 0 Å². The number of hydrogen-bond donors (Lipinski definition) is 4. The summed E-state index contributed by atoms with van der Waals surface area (Å²) in [6.45, 7) is 2.36. The van der Waals surface area contributed by atoms with Crippen LogP contribution < -0.4 is 16.4 Å². The zero-order valence-electron chi connectivity index (χ0n) is 10.8. The van der Waals surface area contributed by atoms with Crippen molar-refractivity contribution < 1.29 is 0 Å². The highest BCUT2D eigenvalue weighted by Gasteiger charge is 2.08. The molecule has 0 saturated heterocycles. The maximum Gasteiger partial charge on any atom is 0.272 e. The van der Waals surface area contributed by atoms with Crippen LogP contribution in [0.2, 0.25) is 0 Å². The second-order valence-electron chi connectivity index (χ2n) is 4.48. The summed E-state index contributed by atoms with van der Waals surface area (Å²) in [6, 6.07) is 5.12. The Morgan fingerprint density at radius 3 is 2.75 bits per heavy atom. The van der Waals surface area contributed by atoms with Gasteiger partial charge in [-0.05, 0) is 19.1 Å². The van der Waals surface area contributed by atoms with Crippen molar-refractivity contribution in [1.29, 1.82) is 0 Å². The van der Waals surface area contributed by atoms with Gasteiger partial charge in [-0.1, -0.05) is 6.07 Å². The molecule has 0 fully saturated rings. The molecule has 0 spiro atoms. The number of rotatable bonds is 3. The van der Waals surface area contributed by atoms with Crippen molar-refractivity contribution in [3.8, 4) is 0 Å². The third-order valence-electron chi connectivity index (χ3n) is 3.05. The zero-order chi connectivity index (χ0) is 14.1.